The van der Waals surface area contributed by atoms with Gasteiger partial charge in [-0.25, -0.2) is 4.57 Å². The minimum atomic E-state index is -4.40. The van der Waals surface area contributed by atoms with Crippen molar-refractivity contribution in [2.24, 2.45) is 0 Å². The van der Waals surface area contributed by atoms with Gasteiger partial charge in [0.25, 0.3) is 0 Å². The van der Waals surface area contributed by atoms with Crippen molar-refractivity contribution >= 4 is 19.8 Å². The van der Waals surface area contributed by atoms with Gasteiger partial charge in [0, 0.05) is 12.8 Å². The minimum absolute atomic E-state index is 0.0210. The van der Waals surface area contributed by atoms with Crippen LogP contribution in [-0.2, 0) is 32.7 Å². The Hall–Kier alpha value is -3.85. The molecule has 438 valence electrons. The van der Waals surface area contributed by atoms with E-state index >= 15 is 0 Å². The van der Waals surface area contributed by atoms with Crippen LogP contribution in [0.25, 0.3) is 0 Å². The fraction of sp³-hybridized carbons (Fsp3) is 0.642. The number of carbonyl (C=O) groups is 2. The van der Waals surface area contributed by atoms with Crippen LogP contribution in [0.3, 0.4) is 0 Å². The number of phosphoric acid groups is 1. The van der Waals surface area contributed by atoms with Gasteiger partial charge in [-0.05, 0) is 116 Å². The molecule has 10 heteroatoms. The highest BCUT2D eigenvalue weighted by atomic mass is 31.2. The quantitative estimate of drug-likeness (QED) is 0.0211. The summed E-state index contributed by atoms with van der Waals surface area (Å²) in [7, 11) is 1.45. The fourth-order valence-corrected chi connectivity index (χ4v) is 8.48. The van der Waals surface area contributed by atoms with Gasteiger partial charge in [0.05, 0.1) is 27.7 Å². The number of nitrogens with zero attached hydrogens (tertiary/aromatic N) is 1. The van der Waals surface area contributed by atoms with Gasteiger partial charge in [-0.1, -0.05) is 231 Å². The van der Waals surface area contributed by atoms with Gasteiger partial charge < -0.3 is 18.9 Å². The number of allylic oxidation sites excluding steroid dienone is 22. The molecule has 2 unspecified atom stereocenters. The van der Waals surface area contributed by atoms with E-state index in [0.29, 0.717) is 17.4 Å². The van der Waals surface area contributed by atoms with Gasteiger partial charge in [-0.15, -0.1) is 0 Å². The lowest BCUT2D eigenvalue weighted by Crippen LogP contribution is -2.37. The molecule has 0 heterocycles. The smallest absolute Gasteiger partial charge is 0.462 e. The first-order chi connectivity index (χ1) is 37.5. The Morgan fingerprint density at radius 3 is 1.10 bits per heavy atom. The molecule has 0 spiro atoms. The van der Waals surface area contributed by atoms with Crippen LogP contribution in [0.15, 0.2) is 134 Å². The number of carbonyl (C=O) groups excluding carboxylic acids is 2. The average Bonchev–Trinajstić information content (AvgIpc) is 3.39. The molecule has 0 fully saturated rings. The molecule has 77 heavy (non-hydrogen) atoms. The molecule has 0 radical (unpaired) electrons. The van der Waals surface area contributed by atoms with Gasteiger partial charge in [-0.2, -0.15) is 0 Å². The highest BCUT2D eigenvalue weighted by molar-refractivity contribution is 7.47. The zero-order chi connectivity index (χ0) is 56.3. The first-order valence-electron chi connectivity index (χ1n) is 30.4. The van der Waals surface area contributed by atoms with Gasteiger partial charge in [0.15, 0.2) is 6.10 Å². The zero-order valence-corrected chi connectivity index (χ0v) is 50.5. The van der Waals surface area contributed by atoms with Gasteiger partial charge in [0.1, 0.15) is 19.8 Å². The molecule has 0 saturated heterocycles. The third-order valence-electron chi connectivity index (χ3n) is 12.4. The van der Waals surface area contributed by atoms with Crippen molar-refractivity contribution in [3.05, 3.63) is 134 Å². The first-order valence-corrected chi connectivity index (χ1v) is 31.9. The molecular formula is C67H113NO8P+. The van der Waals surface area contributed by atoms with Crippen LogP contribution < -0.4 is 0 Å². The second kappa shape index (κ2) is 56.9. The lowest BCUT2D eigenvalue weighted by atomic mass is 10.1. The molecule has 0 aromatic rings. The Bertz CT molecular complexity index is 1760. The highest BCUT2D eigenvalue weighted by Gasteiger charge is 2.27. The molecule has 0 aromatic carbocycles. The van der Waals surface area contributed by atoms with Crippen LogP contribution in [-0.4, -0.2) is 74.9 Å². The molecule has 0 aromatic heterocycles. The van der Waals surface area contributed by atoms with Crippen LogP contribution in [0.4, 0.5) is 0 Å². The summed E-state index contributed by atoms with van der Waals surface area (Å²) in [6, 6.07) is 0. The van der Waals surface area contributed by atoms with E-state index in [0.717, 1.165) is 122 Å². The molecule has 0 saturated carbocycles. The number of quaternary nitrogens is 1. The van der Waals surface area contributed by atoms with E-state index < -0.39 is 26.5 Å². The van der Waals surface area contributed by atoms with Crippen LogP contribution in [0.2, 0.25) is 0 Å². The number of rotatable bonds is 54. The average molecular weight is 1090 g/mol. The van der Waals surface area contributed by atoms with Gasteiger partial charge >= 0.3 is 19.8 Å². The summed E-state index contributed by atoms with van der Waals surface area (Å²) in [5.74, 6) is -0.827. The standard InChI is InChI=1S/C67H112NO8P/c1-6-8-10-12-14-16-18-20-22-24-26-27-28-29-30-31-32-33-34-35-36-37-38-39-40-41-42-44-46-48-50-52-54-56-58-60-67(70)76-65(64-75-77(71,72)74-62-61-68(3,4)5)63-73-66(69)59-57-55-53-51-49-47-45-43-25-23-21-19-17-15-13-11-9-7-2/h8,10,14,16-17,19-20,22-23,25-27,29-30,32-33,35-36,38-39,41-42,65H,6-7,9,11-13,15,18,21,24,28,31,34,37,40,43-64H2,1-5H3/p+1/b10-8-,16-14-,19-17-,22-20-,25-23-,27-26-,30-29-,33-32-,36-35-,39-38-,42-41-. The Morgan fingerprint density at radius 1 is 0.416 bits per heavy atom. The lowest BCUT2D eigenvalue weighted by molar-refractivity contribution is -0.870. The van der Waals surface area contributed by atoms with E-state index in [1.807, 2.05) is 21.1 Å². The molecule has 0 rings (SSSR count). The number of esters is 2. The molecule has 0 bridgehead atoms. The van der Waals surface area contributed by atoms with Crippen LogP contribution in [0, 0.1) is 0 Å². The van der Waals surface area contributed by atoms with Crippen molar-refractivity contribution in [2.45, 2.75) is 232 Å². The monoisotopic (exact) mass is 1090 g/mol. The lowest BCUT2D eigenvalue weighted by Gasteiger charge is -2.24. The third-order valence-corrected chi connectivity index (χ3v) is 13.4. The number of hydrogen-bond donors (Lipinski definition) is 1. The summed E-state index contributed by atoms with van der Waals surface area (Å²) in [6.07, 6.45) is 82.3. The van der Waals surface area contributed by atoms with E-state index in [2.05, 4.69) is 148 Å². The Kier molecular flexibility index (Phi) is 54.0. The summed E-state index contributed by atoms with van der Waals surface area (Å²) < 4.78 is 34.6. The second-order valence-corrected chi connectivity index (χ2v) is 22.5. The maximum Gasteiger partial charge on any atom is 0.472 e. The Labute approximate surface area is 472 Å². The number of ether oxygens (including phenoxy) is 2. The normalized spacial score (nSPS) is 14.2. The summed E-state index contributed by atoms with van der Waals surface area (Å²) in [6.45, 7) is 4.27. The van der Waals surface area contributed by atoms with Crippen molar-refractivity contribution in [3.63, 3.8) is 0 Å². The predicted molar refractivity (Wildman–Crippen MR) is 330 cm³/mol. The maximum absolute atomic E-state index is 12.8. The minimum Gasteiger partial charge on any atom is -0.462 e. The molecule has 0 aliphatic rings. The maximum atomic E-state index is 12.8. The summed E-state index contributed by atoms with van der Waals surface area (Å²) in [5, 5.41) is 0. The third kappa shape index (κ3) is 61.2. The van der Waals surface area contributed by atoms with E-state index in [1.54, 1.807) is 0 Å². The highest BCUT2D eigenvalue weighted by Crippen LogP contribution is 2.43. The Balaban J connectivity index is 4.20. The van der Waals surface area contributed by atoms with Crippen LogP contribution in [0.1, 0.15) is 226 Å². The Morgan fingerprint density at radius 2 is 0.740 bits per heavy atom. The number of unbranched alkanes of at least 4 members (excludes halogenated alkanes) is 18. The van der Waals surface area contributed by atoms with E-state index in [4.69, 9.17) is 18.5 Å². The van der Waals surface area contributed by atoms with E-state index in [9.17, 15) is 19.0 Å². The van der Waals surface area contributed by atoms with Gasteiger partial charge in [-0.3, -0.25) is 18.6 Å². The molecule has 0 aliphatic carbocycles. The predicted octanol–water partition coefficient (Wildman–Crippen LogP) is 19.3. The number of hydrogen-bond acceptors (Lipinski definition) is 7. The summed E-state index contributed by atoms with van der Waals surface area (Å²) in [5.41, 5.74) is 0. The van der Waals surface area contributed by atoms with Crippen LogP contribution >= 0.6 is 7.82 Å². The molecular weight excluding hydrogens is 978 g/mol. The molecule has 9 nitrogen and oxygen atoms in total. The molecule has 1 N–H and O–H groups in total. The first kappa shape index (κ1) is 73.2. The topological polar surface area (TPSA) is 108 Å². The number of phosphoric ester groups is 1. The van der Waals surface area contributed by atoms with Crippen molar-refractivity contribution in [2.75, 3.05) is 47.5 Å². The van der Waals surface area contributed by atoms with Gasteiger partial charge in [0.2, 0.25) is 0 Å². The van der Waals surface area contributed by atoms with E-state index in [-0.39, 0.29) is 32.0 Å². The summed E-state index contributed by atoms with van der Waals surface area (Å²) in [4.78, 5) is 35.7. The zero-order valence-electron chi connectivity index (χ0n) is 49.6. The summed E-state index contributed by atoms with van der Waals surface area (Å²) >= 11 is 0. The van der Waals surface area contributed by atoms with Crippen molar-refractivity contribution < 1.29 is 42.1 Å². The fourth-order valence-electron chi connectivity index (χ4n) is 7.74. The second-order valence-electron chi connectivity index (χ2n) is 21.0. The van der Waals surface area contributed by atoms with Crippen molar-refractivity contribution in [3.8, 4) is 0 Å². The van der Waals surface area contributed by atoms with Crippen molar-refractivity contribution in [1.29, 1.82) is 0 Å². The number of likely N-dealkylation sites (N-methyl/N-ethyl adjacent to an activating group) is 1. The van der Waals surface area contributed by atoms with Crippen LogP contribution in [0.5, 0.6) is 0 Å². The molecule has 2 atom stereocenters. The molecule has 0 aliphatic heterocycles. The van der Waals surface area contributed by atoms with E-state index in [1.165, 1.54) is 70.6 Å². The SMILES string of the molecule is CC/C=C\C/C=C\C/C=C\C/C=C\C/C=C\C/C=C\C/C=C\C/C=C\C/C=C\CCCCCCCCCC(=O)OC(COC(=O)CCCCCCCCC/C=C\C/C=C\CCCCCC)COP(=O)(O)OCC[N+](C)(C)C. The largest absolute Gasteiger partial charge is 0.472 e. The van der Waals surface area contributed by atoms with Crippen molar-refractivity contribution in [1.82, 2.24) is 0 Å². The molecule has 0 amide bonds.